The summed E-state index contributed by atoms with van der Waals surface area (Å²) in [5, 5.41) is 6.65. The molecule has 9 heavy (non-hydrogen) atoms. The van der Waals surface area contributed by atoms with Crippen molar-refractivity contribution in [3.05, 3.63) is 0 Å². The first-order valence-corrected chi connectivity index (χ1v) is 3.75. The summed E-state index contributed by atoms with van der Waals surface area (Å²) >= 11 is 0. The minimum absolute atomic E-state index is 0.554. The van der Waals surface area contributed by atoms with Crippen LogP contribution in [0.4, 0.5) is 0 Å². The van der Waals surface area contributed by atoms with E-state index in [9.17, 15) is 0 Å². The second kappa shape index (κ2) is 3.18. The second-order valence-corrected chi connectivity index (χ2v) is 2.84. The van der Waals surface area contributed by atoms with Gasteiger partial charge in [-0.05, 0) is 32.4 Å². The van der Waals surface area contributed by atoms with Crippen LogP contribution in [0.2, 0.25) is 0 Å². The molecule has 0 radical (unpaired) electrons. The number of hydrogen-bond donors (Lipinski definition) is 2. The first-order chi connectivity index (χ1) is 4.34. The van der Waals surface area contributed by atoms with E-state index in [1.807, 2.05) is 7.05 Å². The second-order valence-electron chi connectivity index (χ2n) is 2.84. The molecule has 0 aromatic carbocycles. The first kappa shape index (κ1) is 7.03. The molecule has 0 aliphatic carbocycles. The van der Waals surface area contributed by atoms with E-state index in [4.69, 9.17) is 0 Å². The molecule has 1 saturated heterocycles. The summed E-state index contributed by atoms with van der Waals surface area (Å²) in [6, 6.07) is 0. The van der Waals surface area contributed by atoms with Gasteiger partial charge in [0.15, 0.2) is 0 Å². The maximum Gasteiger partial charge on any atom is 0.0595 e. The third kappa shape index (κ3) is 1.66. The van der Waals surface area contributed by atoms with Gasteiger partial charge in [0, 0.05) is 0 Å². The van der Waals surface area contributed by atoms with Crippen LogP contribution in [-0.2, 0) is 0 Å². The molecule has 0 unspecified atom stereocenters. The highest BCUT2D eigenvalue weighted by atomic mass is 15.1. The molecular weight excluding hydrogens is 112 g/mol. The quantitative estimate of drug-likeness (QED) is 0.539. The van der Waals surface area contributed by atoms with Gasteiger partial charge in [-0.3, -0.25) is 0 Å². The normalized spacial score (nSPS) is 36.7. The summed E-state index contributed by atoms with van der Waals surface area (Å²) < 4.78 is 0. The van der Waals surface area contributed by atoms with Gasteiger partial charge < -0.3 is 10.6 Å². The molecule has 0 aromatic heterocycles. The summed E-state index contributed by atoms with van der Waals surface area (Å²) in [5.41, 5.74) is 0. The van der Waals surface area contributed by atoms with Crippen LogP contribution >= 0.6 is 0 Å². The fraction of sp³-hybridized carbons (Fsp3) is 1.00. The molecule has 2 nitrogen and oxygen atoms in total. The Morgan fingerprint density at radius 1 is 1.56 bits per heavy atom. The van der Waals surface area contributed by atoms with Crippen molar-refractivity contribution in [1.82, 2.24) is 10.6 Å². The Bertz CT molecular complexity index is 83.0. The van der Waals surface area contributed by atoms with E-state index in [1.54, 1.807) is 0 Å². The van der Waals surface area contributed by atoms with Crippen LogP contribution in [0.3, 0.4) is 0 Å². The smallest absolute Gasteiger partial charge is 0.0595 e. The van der Waals surface area contributed by atoms with E-state index in [1.165, 1.54) is 19.4 Å². The highest BCUT2D eigenvalue weighted by Crippen LogP contribution is 2.12. The molecule has 0 aromatic rings. The molecule has 1 fully saturated rings. The molecule has 0 bridgehead atoms. The number of piperidine rings is 1. The van der Waals surface area contributed by atoms with Crippen LogP contribution in [0.5, 0.6) is 0 Å². The number of rotatable bonds is 1. The lowest BCUT2D eigenvalue weighted by atomic mass is 9.98. The van der Waals surface area contributed by atoms with E-state index < -0.39 is 0 Å². The van der Waals surface area contributed by atoms with E-state index in [0.717, 1.165) is 5.92 Å². The predicted molar refractivity (Wildman–Crippen MR) is 39.2 cm³/mol. The van der Waals surface area contributed by atoms with Crippen LogP contribution in [0.25, 0.3) is 0 Å². The molecule has 54 valence electrons. The Kier molecular flexibility index (Phi) is 2.49. The summed E-state index contributed by atoms with van der Waals surface area (Å²) in [6.07, 6.45) is 3.25. The Hall–Kier alpha value is -0.0800. The minimum atomic E-state index is 0.554. The van der Waals surface area contributed by atoms with Gasteiger partial charge in [-0.25, -0.2) is 0 Å². The molecule has 1 rings (SSSR count). The van der Waals surface area contributed by atoms with Crippen molar-refractivity contribution in [3.63, 3.8) is 0 Å². The topological polar surface area (TPSA) is 24.1 Å². The van der Waals surface area contributed by atoms with Crippen molar-refractivity contribution in [2.75, 3.05) is 13.6 Å². The van der Waals surface area contributed by atoms with Gasteiger partial charge in [-0.2, -0.15) is 0 Å². The van der Waals surface area contributed by atoms with Crippen LogP contribution < -0.4 is 10.6 Å². The zero-order chi connectivity index (χ0) is 6.69. The zero-order valence-corrected chi connectivity index (χ0v) is 6.28. The Balaban J connectivity index is 2.30. The highest BCUT2D eigenvalue weighted by molar-refractivity contribution is 4.74. The number of hydrogen-bond acceptors (Lipinski definition) is 2. The van der Waals surface area contributed by atoms with Gasteiger partial charge in [0.05, 0.1) is 6.17 Å². The molecule has 0 amide bonds. The summed E-state index contributed by atoms with van der Waals surface area (Å²) in [6.45, 7) is 3.46. The van der Waals surface area contributed by atoms with Crippen LogP contribution in [0.1, 0.15) is 19.8 Å². The van der Waals surface area contributed by atoms with Crippen molar-refractivity contribution in [1.29, 1.82) is 0 Å². The zero-order valence-electron chi connectivity index (χ0n) is 6.28. The Morgan fingerprint density at radius 2 is 2.33 bits per heavy atom. The van der Waals surface area contributed by atoms with Crippen molar-refractivity contribution in [3.8, 4) is 0 Å². The molecule has 0 spiro atoms. The monoisotopic (exact) mass is 128 g/mol. The fourth-order valence-electron chi connectivity index (χ4n) is 1.44. The first-order valence-electron chi connectivity index (χ1n) is 3.75. The molecule has 2 atom stereocenters. The number of nitrogens with one attached hydrogen (secondary N) is 2. The molecule has 1 aliphatic rings. The van der Waals surface area contributed by atoms with Gasteiger partial charge in [0.1, 0.15) is 0 Å². The Labute approximate surface area is 57.0 Å². The van der Waals surface area contributed by atoms with Gasteiger partial charge in [-0.1, -0.05) is 6.92 Å². The third-order valence-electron chi connectivity index (χ3n) is 2.08. The third-order valence-corrected chi connectivity index (χ3v) is 2.08. The predicted octanol–water partition coefficient (Wildman–Crippen LogP) is 0.551. The minimum Gasteiger partial charge on any atom is -0.305 e. The van der Waals surface area contributed by atoms with Crippen molar-refractivity contribution >= 4 is 0 Å². The molecule has 1 heterocycles. The molecular formula is C7H16N2. The summed E-state index contributed by atoms with van der Waals surface area (Å²) in [7, 11) is 2.01. The van der Waals surface area contributed by atoms with Crippen LogP contribution in [-0.4, -0.2) is 19.8 Å². The van der Waals surface area contributed by atoms with Gasteiger partial charge >= 0.3 is 0 Å². The lowest BCUT2D eigenvalue weighted by molar-refractivity contribution is 0.269. The SMILES string of the molecule is CN[C@@H]1NCCC[C@H]1C. The Morgan fingerprint density at radius 3 is 2.78 bits per heavy atom. The van der Waals surface area contributed by atoms with E-state index in [2.05, 4.69) is 17.6 Å². The molecule has 1 aliphatic heterocycles. The molecule has 0 saturated carbocycles. The lowest BCUT2D eigenvalue weighted by Crippen LogP contribution is -2.48. The summed E-state index contributed by atoms with van der Waals surface area (Å²) in [4.78, 5) is 0. The fourth-order valence-corrected chi connectivity index (χ4v) is 1.44. The molecule has 2 N–H and O–H groups in total. The van der Waals surface area contributed by atoms with E-state index in [0.29, 0.717) is 6.17 Å². The van der Waals surface area contributed by atoms with Gasteiger partial charge in [0.25, 0.3) is 0 Å². The van der Waals surface area contributed by atoms with Crippen molar-refractivity contribution < 1.29 is 0 Å². The largest absolute Gasteiger partial charge is 0.305 e. The van der Waals surface area contributed by atoms with Crippen molar-refractivity contribution in [2.24, 2.45) is 5.92 Å². The van der Waals surface area contributed by atoms with Gasteiger partial charge in [-0.15, -0.1) is 0 Å². The van der Waals surface area contributed by atoms with E-state index >= 15 is 0 Å². The van der Waals surface area contributed by atoms with Crippen molar-refractivity contribution in [2.45, 2.75) is 25.9 Å². The summed E-state index contributed by atoms with van der Waals surface area (Å²) in [5.74, 6) is 0.795. The standard InChI is InChI=1S/C7H16N2/c1-6-4-3-5-9-7(6)8-2/h6-9H,3-5H2,1-2H3/t6-,7-/m1/s1. The maximum absolute atomic E-state index is 3.41. The highest BCUT2D eigenvalue weighted by Gasteiger charge is 2.17. The van der Waals surface area contributed by atoms with E-state index in [-0.39, 0.29) is 0 Å². The lowest BCUT2D eigenvalue weighted by Gasteiger charge is -2.29. The van der Waals surface area contributed by atoms with Gasteiger partial charge in [0.2, 0.25) is 0 Å². The average molecular weight is 128 g/mol. The van der Waals surface area contributed by atoms with Crippen LogP contribution in [0.15, 0.2) is 0 Å². The maximum atomic E-state index is 3.41. The average Bonchev–Trinajstić information content (AvgIpc) is 1.89. The van der Waals surface area contributed by atoms with Crippen LogP contribution in [0, 0.1) is 5.92 Å². The molecule has 2 heteroatoms.